The number of para-hydroxylation sites is 2. The Labute approximate surface area is 206 Å². The van der Waals surface area contributed by atoms with Gasteiger partial charge in [-0.2, -0.15) is 0 Å². The topological polar surface area (TPSA) is 110 Å². The van der Waals surface area contributed by atoms with Crippen molar-refractivity contribution < 1.29 is 23.8 Å². The number of nitrogens with one attached hydrogen (secondary N) is 1. The molecule has 0 bridgehead atoms. The third-order valence-electron chi connectivity index (χ3n) is 5.88. The van der Waals surface area contributed by atoms with Crippen molar-refractivity contribution in [3.05, 3.63) is 48.5 Å². The number of H-pyrrole nitrogens is 1. The summed E-state index contributed by atoms with van der Waals surface area (Å²) in [6, 6.07) is 14.8. The number of carbonyl (C=O) groups is 2. The number of rotatable bonds is 6. The maximum atomic E-state index is 12.9. The summed E-state index contributed by atoms with van der Waals surface area (Å²) in [7, 11) is 1.62. The fourth-order valence-electron chi connectivity index (χ4n) is 3.93. The SMILES string of the molecule is COc1ccc(-c2nc(SCC(=O)N3CCN(C(=O)[C@@H]4COc5ccccc5O4)CC3)n[nH]2)cc1. The van der Waals surface area contributed by atoms with Crippen molar-refractivity contribution in [2.75, 3.05) is 45.6 Å². The molecule has 1 saturated heterocycles. The van der Waals surface area contributed by atoms with Gasteiger partial charge in [-0.05, 0) is 36.4 Å². The number of thioether (sulfide) groups is 1. The molecule has 3 heterocycles. The molecule has 3 aromatic rings. The van der Waals surface area contributed by atoms with Gasteiger partial charge >= 0.3 is 0 Å². The number of hydrogen-bond acceptors (Lipinski definition) is 8. The highest BCUT2D eigenvalue weighted by Crippen LogP contribution is 2.31. The van der Waals surface area contributed by atoms with Crippen molar-refractivity contribution in [1.29, 1.82) is 0 Å². The molecular formula is C24H25N5O5S. The lowest BCUT2D eigenvalue weighted by Crippen LogP contribution is -2.55. The first-order valence-electron chi connectivity index (χ1n) is 11.3. The summed E-state index contributed by atoms with van der Waals surface area (Å²) in [6.07, 6.45) is -0.673. The lowest BCUT2D eigenvalue weighted by Gasteiger charge is -2.37. The molecule has 0 saturated carbocycles. The van der Waals surface area contributed by atoms with Gasteiger partial charge in [0.15, 0.2) is 17.3 Å². The van der Waals surface area contributed by atoms with E-state index in [1.54, 1.807) is 23.0 Å². The van der Waals surface area contributed by atoms with E-state index in [9.17, 15) is 9.59 Å². The van der Waals surface area contributed by atoms with Crippen molar-refractivity contribution in [1.82, 2.24) is 25.0 Å². The molecule has 1 fully saturated rings. The number of benzene rings is 2. The molecule has 1 atom stereocenters. The Kier molecular flexibility index (Phi) is 6.75. The number of amides is 2. The molecule has 1 N–H and O–H groups in total. The number of hydrogen-bond donors (Lipinski definition) is 1. The van der Waals surface area contributed by atoms with Crippen LogP contribution in [0.2, 0.25) is 0 Å². The van der Waals surface area contributed by atoms with E-state index < -0.39 is 6.10 Å². The first kappa shape index (κ1) is 23.0. The molecule has 2 aliphatic heterocycles. The molecule has 11 heteroatoms. The zero-order valence-electron chi connectivity index (χ0n) is 19.2. The van der Waals surface area contributed by atoms with Crippen LogP contribution in [-0.2, 0) is 9.59 Å². The van der Waals surface area contributed by atoms with Crippen molar-refractivity contribution in [2.45, 2.75) is 11.3 Å². The van der Waals surface area contributed by atoms with Crippen molar-refractivity contribution >= 4 is 23.6 Å². The Morgan fingerprint density at radius 3 is 2.51 bits per heavy atom. The van der Waals surface area contributed by atoms with Gasteiger partial charge in [-0.1, -0.05) is 23.9 Å². The van der Waals surface area contributed by atoms with Crippen LogP contribution in [0.1, 0.15) is 0 Å². The van der Waals surface area contributed by atoms with Gasteiger partial charge in [-0.15, -0.1) is 5.10 Å². The molecule has 2 aliphatic rings. The van der Waals surface area contributed by atoms with Crippen LogP contribution >= 0.6 is 11.8 Å². The number of carbonyl (C=O) groups excluding carboxylic acids is 2. The average molecular weight is 496 g/mol. The van der Waals surface area contributed by atoms with E-state index in [2.05, 4.69) is 15.2 Å². The maximum Gasteiger partial charge on any atom is 0.267 e. The third kappa shape index (κ3) is 5.19. The van der Waals surface area contributed by atoms with Crippen molar-refractivity contribution in [2.24, 2.45) is 0 Å². The Balaban J connectivity index is 1.09. The van der Waals surface area contributed by atoms with E-state index in [0.717, 1.165) is 11.3 Å². The molecule has 182 valence electrons. The molecule has 2 amide bonds. The summed E-state index contributed by atoms with van der Waals surface area (Å²) < 4.78 is 16.7. The molecular weight excluding hydrogens is 470 g/mol. The van der Waals surface area contributed by atoms with Crippen LogP contribution in [0.15, 0.2) is 53.7 Å². The van der Waals surface area contributed by atoms with Gasteiger partial charge in [0.1, 0.15) is 12.4 Å². The van der Waals surface area contributed by atoms with Gasteiger partial charge in [-0.3, -0.25) is 14.7 Å². The predicted octanol–water partition coefficient (Wildman–Crippen LogP) is 2.08. The number of aromatic nitrogens is 3. The number of aromatic amines is 1. The molecule has 0 radical (unpaired) electrons. The lowest BCUT2D eigenvalue weighted by molar-refractivity contribution is -0.145. The van der Waals surface area contributed by atoms with Crippen LogP contribution in [-0.4, -0.2) is 88.5 Å². The number of fused-ring (bicyclic) bond motifs is 1. The summed E-state index contributed by atoms with van der Waals surface area (Å²) in [5.74, 6) is 2.71. The summed E-state index contributed by atoms with van der Waals surface area (Å²) in [5, 5.41) is 7.61. The quantitative estimate of drug-likeness (QED) is 0.518. The zero-order valence-corrected chi connectivity index (χ0v) is 20.0. The Morgan fingerprint density at radius 2 is 1.77 bits per heavy atom. The summed E-state index contributed by atoms with van der Waals surface area (Å²) >= 11 is 1.28. The minimum atomic E-state index is -0.673. The Bertz CT molecular complexity index is 1190. The highest BCUT2D eigenvalue weighted by atomic mass is 32.2. The van der Waals surface area contributed by atoms with Crippen LogP contribution in [0.4, 0.5) is 0 Å². The molecule has 0 spiro atoms. The fraction of sp³-hybridized carbons (Fsp3) is 0.333. The summed E-state index contributed by atoms with van der Waals surface area (Å²) in [4.78, 5) is 33.6. The smallest absolute Gasteiger partial charge is 0.267 e. The minimum absolute atomic E-state index is 0.0101. The van der Waals surface area contributed by atoms with E-state index in [-0.39, 0.29) is 24.2 Å². The van der Waals surface area contributed by atoms with E-state index in [4.69, 9.17) is 14.2 Å². The number of ether oxygens (including phenoxy) is 3. The van der Waals surface area contributed by atoms with Crippen molar-refractivity contribution in [3.8, 4) is 28.6 Å². The van der Waals surface area contributed by atoms with E-state index in [1.165, 1.54) is 11.8 Å². The van der Waals surface area contributed by atoms with Crippen LogP contribution < -0.4 is 14.2 Å². The minimum Gasteiger partial charge on any atom is -0.497 e. The molecule has 5 rings (SSSR count). The predicted molar refractivity (Wildman–Crippen MR) is 129 cm³/mol. The average Bonchev–Trinajstić information content (AvgIpc) is 3.40. The Morgan fingerprint density at radius 1 is 1.06 bits per heavy atom. The van der Waals surface area contributed by atoms with Crippen LogP contribution in [0, 0.1) is 0 Å². The second-order valence-electron chi connectivity index (χ2n) is 8.05. The van der Waals surface area contributed by atoms with E-state index >= 15 is 0 Å². The second-order valence-corrected chi connectivity index (χ2v) is 9.00. The van der Waals surface area contributed by atoms with Gasteiger partial charge in [0, 0.05) is 31.7 Å². The van der Waals surface area contributed by atoms with E-state index in [0.29, 0.717) is 48.7 Å². The molecule has 0 aliphatic carbocycles. The van der Waals surface area contributed by atoms with Crippen LogP contribution in [0.5, 0.6) is 17.2 Å². The monoisotopic (exact) mass is 495 g/mol. The highest BCUT2D eigenvalue weighted by molar-refractivity contribution is 7.99. The lowest BCUT2D eigenvalue weighted by atomic mass is 10.2. The first-order valence-corrected chi connectivity index (χ1v) is 12.2. The standard InChI is InChI=1S/C24H25N5O5S/c1-32-17-8-6-16(7-9-17)22-25-24(27-26-22)35-15-21(30)28-10-12-29(13-11-28)23(31)20-14-33-18-4-2-3-5-19(18)34-20/h2-9,20H,10-15H2,1H3,(H,25,26,27)/t20-/m0/s1. The number of piperazine rings is 1. The molecule has 35 heavy (non-hydrogen) atoms. The van der Waals surface area contributed by atoms with Gasteiger partial charge < -0.3 is 24.0 Å². The van der Waals surface area contributed by atoms with Gasteiger partial charge in [-0.25, -0.2) is 4.98 Å². The third-order valence-corrected chi connectivity index (χ3v) is 6.71. The number of methoxy groups -OCH3 is 1. The van der Waals surface area contributed by atoms with Gasteiger partial charge in [0.05, 0.1) is 12.9 Å². The highest BCUT2D eigenvalue weighted by Gasteiger charge is 2.33. The maximum absolute atomic E-state index is 12.9. The van der Waals surface area contributed by atoms with Crippen LogP contribution in [0.25, 0.3) is 11.4 Å². The molecule has 1 aromatic heterocycles. The molecule has 0 unspecified atom stereocenters. The summed E-state index contributed by atoms with van der Waals surface area (Å²) in [6.45, 7) is 2.04. The zero-order chi connectivity index (χ0) is 24.2. The molecule has 10 nitrogen and oxygen atoms in total. The van der Waals surface area contributed by atoms with Crippen LogP contribution in [0.3, 0.4) is 0 Å². The second kappa shape index (κ2) is 10.3. The summed E-state index contributed by atoms with van der Waals surface area (Å²) in [5.41, 5.74) is 0.882. The Hall–Kier alpha value is -3.73. The molecule has 2 aromatic carbocycles. The number of nitrogens with zero attached hydrogens (tertiary/aromatic N) is 4. The van der Waals surface area contributed by atoms with Gasteiger partial charge in [0.2, 0.25) is 17.2 Å². The normalized spacial score (nSPS) is 17.2. The largest absolute Gasteiger partial charge is 0.497 e. The van der Waals surface area contributed by atoms with E-state index in [1.807, 2.05) is 42.5 Å². The van der Waals surface area contributed by atoms with Crippen molar-refractivity contribution in [3.63, 3.8) is 0 Å². The fourth-order valence-corrected chi connectivity index (χ4v) is 4.63. The first-order chi connectivity index (χ1) is 17.1. The van der Waals surface area contributed by atoms with Gasteiger partial charge in [0.25, 0.3) is 5.91 Å².